The summed E-state index contributed by atoms with van der Waals surface area (Å²) in [5, 5.41) is 2.99. The molecule has 2 fully saturated rings. The first-order valence-corrected chi connectivity index (χ1v) is 7.29. The van der Waals surface area contributed by atoms with E-state index in [9.17, 15) is 4.79 Å². The number of fused-ring (bicyclic) bond motifs is 1. The largest absolute Gasteiger partial charge is 0.325 e. The molecule has 1 aromatic carbocycles. The maximum Gasteiger partial charge on any atom is 0.238 e. The average Bonchev–Trinajstić information content (AvgIpc) is 2.89. The molecule has 2 atom stereocenters. The number of amides is 1. The average molecular weight is 258 g/mol. The van der Waals surface area contributed by atoms with Crippen LogP contribution in [0, 0.1) is 18.8 Å². The van der Waals surface area contributed by atoms with Crippen molar-refractivity contribution < 1.29 is 4.79 Å². The number of rotatable bonds is 3. The van der Waals surface area contributed by atoms with Crippen LogP contribution in [-0.4, -0.2) is 30.4 Å². The van der Waals surface area contributed by atoms with Crippen LogP contribution in [0.15, 0.2) is 24.3 Å². The second-order valence-corrected chi connectivity index (χ2v) is 6.06. The fourth-order valence-corrected chi connectivity index (χ4v) is 3.59. The van der Waals surface area contributed by atoms with Gasteiger partial charge in [0.25, 0.3) is 0 Å². The third-order valence-corrected chi connectivity index (χ3v) is 4.47. The first kappa shape index (κ1) is 12.7. The molecular weight excluding hydrogens is 236 g/mol. The van der Waals surface area contributed by atoms with Gasteiger partial charge in [0.2, 0.25) is 5.91 Å². The quantitative estimate of drug-likeness (QED) is 0.904. The van der Waals surface area contributed by atoms with Crippen LogP contribution >= 0.6 is 0 Å². The number of benzene rings is 1. The van der Waals surface area contributed by atoms with Gasteiger partial charge in [0.05, 0.1) is 6.54 Å². The van der Waals surface area contributed by atoms with Crippen LogP contribution in [0.5, 0.6) is 0 Å². The Morgan fingerprint density at radius 1 is 1.32 bits per heavy atom. The zero-order valence-electron chi connectivity index (χ0n) is 11.6. The summed E-state index contributed by atoms with van der Waals surface area (Å²) in [6, 6.07) is 7.97. The molecule has 2 unspecified atom stereocenters. The van der Waals surface area contributed by atoms with Gasteiger partial charge in [-0.1, -0.05) is 18.6 Å². The van der Waals surface area contributed by atoms with E-state index < -0.39 is 0 Å². The van der Waals surface area contributed by atoms with Crippen molar-refractivity contribution in [2.45, 2.75) is 26.2 Å². The zero-order chi connectivity index (χ0) is 13.2. The Labute approximate surface area is 115 Å². The van der Waals surface area contributed by atoms with Gasteiger partial charge in [0, 0.05) is 18.8 Å². The normalized spacial score (nSPS) is 26.4. The lowest BCUT2D eigenvalue weighted by molar-refractivity contribution is -0.117. The lowest BCUT2D eigenvalue weighted by Crippen LogP contribution is -2.32. The number of carbonyl (C=O) groups is 1. The van der Waals surface area contributed by atoms with E-state index in [0.717, 1.165) is 30.6 Å². The van der Waals surface area contributed by atoms with Crippen LogP contribution in [0.1, 0.15) is 24.8 Å². The molecule has 19 heavy (non-hydrogen) atoms. The summed E-state index contributed by atoms with van der Waals surface area (Å²) in [5.41, 5.74) is 2.08. The summed E-state index contributed by atoms with van der Waals surface area (Å²) in [7, 11) is 0. The molecule has 1 N–H and O–H groups in total. The van der Waals surface area contributed by atoms with E-state index in [0.29, 0.717) is 6.54 Å². The van der Waals surface area contributed by atoms with E-state index >= 15 is 0 Å². The fraction of sp³-hybridized carbons (Fsp3) is 0.562. The molecule has 1 aliphatic heterocycles. The Morgan fingerprint density at radius 2 is 2.05 bits per heavy atom. The number of nitrogens with zero attached hydrogens (tertiary/aromatic N) is 1. The number of anilines is 1. The highest BCUT2D eigenvalue weighted by molar-refractivity contribution is 5.92. The van der Waals surface area contributed by atoms with Crippen molar-refractivity contribution >= 4 is 11.6 Å². The Kier molecular flexibility index (Phi) is 3.56. The minimum Gasteiger partial charge on any atom is -0.325 e. The SMILES string of the molecule is Cc1cccc(NC(=O)CN2CC3CCCC3C2)c1. The van der Waals surface area contributed by atoms with Gasteiger partial charge in [0.1, 0.15) is 0 Å². The van der Waals surface area contributed by atoms with Crippen molar-refractivity contribution in [3.05, 3.63) is 29.8 Å². The van der Waals surface area contributed by atoms with Crippen LogP contribution in [0.4, 0.5) is 5.69 Å². The van der Waals surface area contributed by atoms with Crippen LogP contribution in [0.2, 0.25) is 0 Å². The van der Waals surface area contributed by atoms with E-state index in [1.54, 1.807) is 0 Å². The highest BCUT2D eigenvalue weighted by atomic mass is 16.2. The molecule has 0 bridgehead atoms. The summed E-state index contributed by atoms with van der Waals surface area (Å²) in [5.74, 6) is 1.82. The van der Waals surface area contributed by atoms with E-state index in [1.807, 2.05) is 31.2 Å². The van der Waals surface area contributed by atoms with Crippen molar-refractivity contribution in [2.75, 3.05) is 25.0 Å². The smallest absolute Gasteiger partial charge is 0.238 e. The fourth-order valence-electron chi connectivity index (χ4n) is 3.59. The third-order valence-electron chi connectivity index (χ3n) is 4.47. The van der Waals surface area contributed by atoms with Gasteiger partial charge >= 0.3 is 0 Å². The molecule has 1 heterocycles. The molecule has 2 aliphatic rings. The van der Waals surface area contributed by atoms with Crippen molar-refractivity contribution in [3.8, 4) is 0 Å². The molecule has 1 saturated carbocycles. The summed E-state index contributed by atoms with van der Waals surface area (Å²) in [6.07, 6.45) is 4.11. The second-order valence-electron chi connectivity index (χ2n) is 6.06. The highest BCUT2D eigenvalue weighted by Crippen LogP contribution is 2.37. The Hall–Kier alpha value is -1.35. The molecular formula is C16H22N2O. The van der Waals surface area contributed by atoms with Gasteiger partial charge < -0.3 is 5.32 Å². The summed E-state index contributed by atoms with van der Waals surface area (Å²) in [6.45, 7) is 4.82. The van der Waals surface area contributed by atoms with Crippen LogP contribution in [0.25, 0.3) is 0 Å². The van der Waals surface area contributed by atoms with Crippen LogP contribution in [0.3, 0.4) is 0 Å². The van der Waals surface area contributed by atoms with Crippen molar-refractivity contribution in [3.63, 3.8) is 0 Å². The monoisotopic (exact) mass is 258 g/mol. The minimum atomic E-state index is 0.116. The lowest BCUT2D eigenvalue weighted by Gasteiger charge is -2.16. The maximum atomic E-state index is 12.0. The number of hydrogen-bond donors (Lipinski definition) is 1. The molecule has 0 aromatic heterocycles. The van der Waals surface area contributed by atoms with Gasteiger partial charge in [-0.25, -0.2) is 0 Å². The second kappa shape index (κ2) is 5.33. The Balaban J connectivity index is 1.52. The topological polar surface area (TPSA) is 32.3 Å². The molecule has 3 rings (SSSR count). The summed E-state index contributed by atoms with van der Waals surface area (Å²) in [4.78, 5) is 14.4. The standard InChI is InChI=1S/C16H22N2O/c1-12-4-2-7-15(8-12)17-16(19)11-18-9-13-5-3-6-14(13)10-18/h2,4,7-8,13-14H,3,5-6,9-11H2,1H3,(H,17,19). The molecule has 0 radical (unpaired) electrons. The van der Waals surface area contributed by atoms with Gasteiger partial charge in [0.15, 0.2) is 0 Å². The first-order valence-electron chi connectivity index (χ1n) is 7.29. The molecule has 1 aromatic rings. The molecule has 1 saturated heterocycles. The van der Waals surface area contributed by atoms with Crippen molar-refractivity contribution in [2.24, 2.45) is 11.8 Å². The molecule has 102 valence electrons. The maximum absolute atomic E-state index is 12.0. The third kappa shape index (κ3) is 2.98. The van der Waals surface area contributed by atoms with Gasteiger partial charge in [-0.15, -0.1) is 0 Å². The predicted molar refractivity (Wildman–Crippen MR) is 77.1 cm³/mol. The van der Waals surface area contributed by atoms with Gasteiger partial charge in [-0.3, -0.25) is 9.69 Å². The number of nitrogens with one attached hydrogen (secondary N) is 1. The van der Waals surface area contributed by atoms with Gasteiger partial charge in [-0.2, -0.15) is 0 Å². The van der Waals surface area contributed by atoms with Crippen LogP contribution < -0.4 is 5.32 Å². The van der Waals surface area contributed by atoms with E-state index in [4.69, 9.17) is 0 Å². The summed E-state index contributed by atoms with van der Waals surface area (Å²) >= 11 is 0. The van der Waals surface area contributed by atoms with E-state index in [1.165, 1.54) is 24.8 Å². The lowest BCUT2D eigenvalue weighted by atomic mass is 10.0. The Morgan fingerprint density at radius 3 is 2.74 bits per heavy atom. The molecule has 1 aliphatic carbocycles. The molecule has 3 heteroatoms. The Bertz CT molecular complexity index is 460. The minimum absolute atomic E-state index is 0.116. The first-order chi connectivity index (χ1) is 9.20. The van der Waals surface area contributed by atoms with E-state index in [-0.39, 0.29) is 5.91 Å². The molecule has 0 spiro atoms. The van der Waals surface area contributed by atoms with Crippen molar-refractivity contribution in [1.82, 2.24) is 4.90 Å². The number of carbonyl (C=O) groups excluding carboxylic acids is 1. The molecule has 1 amide bonds. The van der Waals surface area contributed by atoms with Crippen molar-refractivity contribution in [1.29, 1.82) is 0 Å². The predicted octanol–water partition coefficient (Wildman–Crippen LogP) is 2.67. The number of aryl methyl sites for hydroxylation is 1. The number of hydrogen-bond acceptors (Lipinski definition) is 2. The number of likely N-dealkylation sites (tertiary alicyclic amines) is 1. The summed E-state index contributed by atoms with van der Waals surface area (Å²) < 4.78 is 0. The van der Waals surface area contributed by atoms with E-state index in [2.05, 4.69) is 10.2 Å². The van der Waals surface area contributed by atoms with Crippen LogP contribution in [-0.2, 0) is 4.79 Å². The zero-order valence-corrected chi connectivity index (χ0v) is 11.6. The molecule has 3 nitrogen and oxygen atoms in total. The van der Waals surface area contributed by atoms with Gasteiger partial charge in [-0.05, 0) is 49.3 Å². The highest BCUT2D eigenvalue weighted by Gasteiger charge is 2.36.